The van der Waals surface area contributed by atoms with Crippen molar-refractivity contribution in [3.05, 3.63) is 145 Å². The molecular formula is C56H68N2O9. The maximum absolute atomic E-state index is 14.1. The van der Waals surface area contributed by atoms with Gasteiger partial charge in [0.2, 0.25) is 5.91 Å². The molecule has 0 heterocycles. The predicted molar refractivity (Wildman–Crippen MR) is 271 cm³/mol. The van der Waals surface area contributed by atoms with Crippen LogP contribution in [0.2, 0.25) is 0 Å². The van der Waals surface area contributed by atoms with Gasteiger partial charge < -0.3 is 38.5 Å². The van der Waals surface area contributed by atoms with Crippen molar-refractivity contribution in [1.82, 2.24) is 0 Å². The second-order valence-corrected chi connectivity index (χ2v) is 15.4. The summed E-state index contributed by atoms with van der Waals surface area (Å²) in [4.78, 5) is 28.6. The van der Waals surface area contributed by atoms with E-state index in [-0.39, 0.29) is 38.6 Å². The number of hydrogen-bond donors (Lipinski definition) is 1. The van der Waals surface area contributed by atoms with Gasteiger partial charge in [0.25, 0.3) is 0 Å². The number of benzene rings is 6. The van der Waals surface area contributed by atoms with Gasteiger partial charge >= 0.3 is 5.97 Å². The second-order valence-electron chi connectivity index (χ2n) is 15.4. The van der Waals surface area contributed by atoms with E-state index in [0.29, 0.717) is 48.8 Å². The third kappa shape index (κ3) is 13.2. The van der Waals surface area contributed by atoms with Crippen LogP contribution in [-0.2, 0) is 14.3 Å². The fraction of sp³-hybridized carbons (Fsp3) is 0.321. The molecule has 1 aliphatic carbocycles. The smallest absolute Gasteiger partial charge is 0.305 e. The minimum atomic E-state index is -0.205. The van der Waals surface area contributed by atoms with Crippen molar-refractivity contribution < 1.29 is 42.7 Å². The molecule has 7 rings (SSSR count). The van der Waals surface area contributed by atoms with Gasteiger partial charge in [0.1, 0.15) is 41.1 Å². The fourth-order valence-electron chi connectivity index (χ4n) is 8.03. The summed E-state index contributed by atoms with van der Waals surface area (Å²) in [5, 5.41) is 3.29. The highest BCUT2D eigenvalue weighted by atomic mass is 16.5. The zero-order chi connectivity index (χ0) is 46.1. The van der Waals surface area contributed by atoms with E-state index in [2.05, 4.69) is 29.6 Å². The Hall–Kier alpha value is -7.14. The molecule has 0 saturated carbocycles. The molecule has 6 aromatic rings. The number of nitrogens with zero attached hydrogens (tertiary/aromatic N) is 1. The summed E-state index contributed by atoms with van der Waals surface area (Å²) in [5.74, 6) is 3.89. The zero-order valence-corrected chi connectivity index (χ0v) is 38.4. The maximum atomic E-state index is 14.1. The van der Waals surface area contributed by atoms with Crippen LogP contribution in [0, 0.1) is 5.92 Å². The molecular weight excluding hydrogens is 845 g/mol. The Bertz CT molecular complexity index is 2430. The molecule has 11 nitrogen and oxygen atoms in total. The number of hydrogen-bond acceptors (Lipinski definition) is 10. The molecule has 1 atom stereocenters. The van der Waals surface area contributed by atoms with Crippen molar-refractivity contribution in [3.63, 3.8) is 0 Å². The summed E-state index contributed by atoms with van der Waals surface area (Å²) in [5.41, 5.74) is 8.07. The molecule has 0 spiro atoms. The average Bonchev–Trinajstić information content (AvgIpc) is 3.68. The van der Waals surface area contributed by atoms with E-state index >= 15 is 0 Å². The monoisotopic (exact) mass is 912 g/mol. The number of anilines is 4. The topological polar surface area (TPSA) is 114 Å². The lowest BCUT2D eigenvalue weighted by Crippen LogP contribution is -2.32. The van der Waals surface area contributed by atoms with E-state index < -0.39 is 0 Å². The number of carbonyl (C=O) groups is 2. The molecule has 6 aromatic carbocycles. The van der Waals surface area contributed by atoms with Gasteiger partial charge in [-0.2, -0.15) is 0 Å². The lowest BCUT2D eigenvalue weighted by molar-refractivity contribution is -0.144. The Morgan fingerprint density at radius 2 is 1.10 bits per heavy atom. The molecule has 1 aliphatic rings. The van der Waals surface area contributed by atoms with Crippen LogP contribution in [0.1, 0.15) is 77.3 Å². The highest BCUT2D eigenvalue weighted by molar-refractivity contribution is 6.03. The molecule has 1 amide bonds. The number of unbranched alkanes of at least 4 members (excludes halogenated alkanes) is 2. The van der Waals surface area contributed by atoms with Gasteiger partial charge in [-0.25, -0.2) is 0 Å². The van der Waals surface area contributed by atoms with Gasteiger partial charge in [-0.3, -0.25) is 14.5 Å². The predicted octanol–water partition coefficient (Wildman–Crippen LogP) is 13.4. The Morgan fingerprint density at radius 1 is 0.582 bits per heavy atom. The average molecular weight is 913 g/mol. The SMILES string of the molecule is C.C.CCC(CCCCCC(=O)OCC1c2ccccc2-c2ccccc21)C(=O)N(c1ccc(OC)cc1)c1ccc(OC)cc1OC.COc1ccc(Nc2ccc(OC)cc2OC)cc1. The number of amides is 1. The van der Waals surface area contributed by atoms with E-state index in [1.165, 1.54) is 22.3 Å². The Kier molecular flexibility index (Phi) is 20.5. The molecule has 67 heavy (non-hydrogen) atoms. The molecule has 1 unspecified atom stereocenters. The van der Waals surface area contributed by atoms with Crippen molar-refractivity contribution in [3.8, 4) is 45.6 Å². The maximum Gasteiger partial charge on any atom is 0.305 e. The Balaban J connectivity index is 0.000000392. The van der Waals surface area contributed by atoms with Crippen LogP contribution in [0.4, 0.5) is 22.7 Å². The highest BCUT2D eigenvalue weighted by Gasteiger charge is 2.30. The minimum absolute atomic E-state index is 0. The molecule has 356 valence electrons. The number of esters is 1. The molecule has 0 aliphatic heterocycles. The van der Waals surface area contributed by atoms with Crippen molar-refractivity contribution in [2.24, 2.45) is 5.92 Å². The van der Waals surface area contributed by atoms with Crippen molar-refractivity contribution in [2.75, 3.05) is 59.5 Å². The van der Waals surface area contributed by atoms with Crippen molar-refractivity contribution in [2.45, 2.75) is 66.2 Å². The molecule has 11 heteroatoms. The van der Waals surface area contributed by atoms with E-state index in [0.717, 1.165) is 53.6 Å². The standard InChI is InChI=1S/C39H43NO6.C15H17NO3.2CH4/c1-5-27(39(42)40(28-19-21-29(43-2)22-20-28)36-24-23-30(44-3)25-37(36)45-4)13-7-6-8-18-38(41)46-26-35-33-16-11-9-14-31(33)32-15-10-12-17-34(32)35;1-17-12-6-4-11(5-7-12)16-14-9-8-13(18-2)10-15(14)19-3;;/h9-12,14-17,19-25,27,35H,5-8,13,18,26H2,1-4H3;4-10,16H,1-3H3;2*1H4. The van der Waals surface area contributed by atoms with Gasteiger partial charge in [-0.1, -0.05) is 83.1 Å². The number of fused-ring (bicyclic) bond motifs is 3. The first-order valence-electron chi connectivity index (χ1n) is 21.9. The third-order valence-corrected chi connectivity index (χ3v) is 11.6. The molecule has 0 fully saturated rings. The van der Waals surface area contributed by atoms with E-state index in [1.807, 2.05) is 110 Å². The van der Waals surface area contributed by atoms with Crippen molar-refractivity contribution in [1.29, 1.82) is 0 Å². The van der Waals surface area contributed by atoms with Gasteiger partial charge in [-0.15, -0.1) is 0 Å². The van der Waals surface area contributed by atoms with Crippen LogP contribution >= 0.6 is 0 Å². The van der Waals surface area contributed by atoms with Crippen LogP contribution < -0.4 is 38.6 Å². The summed E-state index contributed by atoms with van der Waals surface area (Å²) in [6, 6.07) is 42.9. The second kappa shape index (κ2) is 26.1. The quantitative estimate of drug-likeness (QED) is 0.0586. The van der Waals surface area contributed by atoms with Crippen LogP contribution in [0.25, 0.3) is 11.1 Å². The van der Waals surface area contributed by atoms with Crippen LogP contribution in [0.5, 0.6) is 34.5 Å². The lowest BCUT2D eigenvalue weighted by atomic mass is 9.96. The van der Waals surface area contributed by atoms with Gasteiger partial charge in [0, 0.05) is 41.8 Å². The number of methoxy groups -OCH3 is 6. The van der Waals surface area contributed by atoms with Crippen LogP contribution in [-0.4, -0.2) is 61.1 Å². The summed E-state index contributed by atoms with van der Waals surface area (Å²) < 4.78 is 37.8. The van der Waals surface area contributed by atoms with Crippen LogP contribution in [0.3, 0.4) is 0 Å². The zero-order valence-electron chi connectivity index (χ0n) is 38.4. The Labute approximate surface area is 397 Å². The summed E-state index contributed by atoms with van der Waals surface area (Å²) in [7, 11) is 9.71. The number of carbonyl (C=O) groups excluding carboxylic acids is 2. The molecule has 0 radical (unpaired) electrons. The first-order chi connectivity index (χ1) is 31.7. The van der Waals surface area contributed by atoms with Gasteiger partial charge in [-0.05, 0) is 114 Å². The molecule has 0 saturated heterocycles. The summed E-state index contributed by atoms with van der Waals surface area (Å²) >= 11 is 0. The Morgan fingerprint density at radius 3 is 1.66 bits per heavy atom. The lowest BCUT2D eigenvalue weighted by Gasteiger charge is -2.29. The first-order valence-corrected chi connectivity index (χ1v) is 21.9. The molecule has 1 N–H and O–H groups in total. The number of ether oxygens (including phenoxy) is 7. The normalized spacial score (nSPS) is 11.4. The van der Waals surface area contributed by atoms with Gasteiger partial charge in [0.15, 0.2) is 0 Å². The van der Waals surface area contributed by atoms with E-state index in [9.17, 15) is 9.59 Å². The van der Waals surface area contributed by atoms with Gasteiger partial charge in [0.05, 0.1) is 54.0 Å². The summed E-state index contributed by atoms with van der Waals surface area (Å²) in [6.45, 7) is 2.38. The fourth-order valence-corrected chi connectivity index (χ4v) is 8.03. The molecule has 0 bridgehead atoms. The summed E-state index contributed by atoms with van der Waals surface area (Å²) in [6.07, 6.45) is 4.15. The minimum Gasteiger partial charge on any atom is -0.497 e. The third-order valence-electron chi connectivity index (χ3n) is 11.6. The highest BCUT2D eigenvalue weighted by Crippen LogP contribution is 2.45. The van der Waals surface area contributed by atoms with E-state index in [1.54, 1.807) is 53.6 Å². The first kappa shape index (κ1) is 52.5. The van der Waals surface area contributed by atoms with E-state index in [4.69, 9.17) is 33.2 Å². The number of nitrogens with one attached hydrogen (secondary N) is 1. The van der Waals surface area contributed by atoms with Crippen LogP contribution in [0.15, 0.2) is 133 Å². The number of rotatable bonds is 20. The largest absolute Gasteiger partial charge is 0.497 e. The van der Waals surface area contributed by atoms with Crippen molar-refractivity contribution >= 4 is 34.6 Å². The molecule has 0 aromatic heterocycles.